The Morgan fingerprint density at radius 1 is 1.17 bits per heavy atom. The maximum Gasteiger partial charge on any atom is 0.262 e. The van der Waals surface area contributed by atoms with Crippen LogP contribution in [0, 0.1) is 0 Å². The molecule has 0 aliphatic rings. The zero-order valence-corrected chi connectivity index (χ0v) is 18.6. The third-order valence-electron chi connectivity index (χ3n) is 5.30. The fraction of sp³-hybridized carbons (Fsp3) is 0.391. The van der Waals surface area contributed by atoms with Crippen molar-refractivity contribution in [3.8, 4) is 0 Å². The number of carbonyl (C=O) groups excluding carboxylic acids is 2. The summed E-state index contributed by atoms with van der Waals surface area (Å²) in [4.78, 5) is 31.8. The van der Waals surface area contributed by atoms with E-state index in [1.165, 1.54) is 11.3 Å². The minimum atomic E-state index is -0.645. The summed E-state index contributed by atoms with van der Waals surface area (Å²) >= 11 is 1.37. The van der Waals surface area contributed by atoms with E-state index in [-0.39, 0.29) is 11.8 Å². The van der Waals surface area contributed by atoms with Crippen molar-refractivity contribution in [2.24, 2.45) is 0 Å². The van der Waals surface area contributed by atoms with Crippen molar-refractivity contribution in [2.45, 2.75) is 39.3 Å². The summed E-state index contributed by atoms with van der Waals surface area (Å²) in [6.45, 7) is 8.66. The summed E-state index contributed by atoms with van der Waals surface area (Å²) in [5.41, 5.74) is 2.03. The topological polar surface area (TPSA) is 77.2 Å². The lowest BCUT2D eigenvalue weighted by Gasteiger charge is -2.25. The molecule has 1 unspecified atom stereocenters. The van der Waals surface area contributed by atoms with E-state index in [9.17, 15) is 9.59 Å². The van der Waals surface area contributed by atoms with Crippen molar-refractivity contribution in [2.75, 3.05) is 19.6 Å². The first-order chi connectivity index (χ1) is 14.5. The fourth-order valence-corrected chi connectivity index (χ4v) is 4.22. The fourth-order valence-electron chi connectivity index (χ4n) is 3.59. The van der Waals surface area contributed by atoms with Gasteiger partial charge in [0.15, 0.2) is 0 Å². The van der Waals surface area contributed by atoms with E-state index in [1.54, 1.807) is 6.07 Å². The lowest BCUT2D eigenvalue weighted by molar-refractivity contribution is -0.123. The Hall–Kier alpha value is -2.64. The second kappa shape index (κ2) is 10.4. The first-order valence-corrected chi connectivity index (χ1v) is 11.3. The first-order valence-electron chi connectivity index (χ1n) is 10.4. The molecule has 7 heteroatoms. The van der Waals surface area contributed by atoms with Gasteiger partial charge in [0.05, 0.1) is 4.88 Å². The Kier molecular flexibility index (Phi) is 7.65. The van der Waals surface area contributed by atoms with Crippen LogP contribution >= 0.6 is 11.3 Å². The molecule has 3 rings (SSSR count). The number of aromatic nitrogens is 1. The highest BCUT2D eigenvalue weighted by molar-refractivity contribution is 7.12. The van der Waals surface area contributed by atoms with E-state index in [2.05, 4.69) is 41.3 Å². The Balaban J connectivity index is 1.71. The third kappa shape index (κ3) is 5.49. The number of para-hydroxylation sites is 1. The maximum atomic E-state index is 13.0. The van der Waals surface area contributed by atoms with Gasteiger partial charge in [-0.15, -0.1) is 11.3 Å². The smallest absolute Gasteiger partial charge is 0.262 e. The van der Waals surface area contributed by atoms with Crippen LogP contribution in [0.1, 0.15) is 36.0 Å². The van der Waals surface area contributed by atoms with Crippen LogP contribution in [-0.4, -0.2) is 53.4 Å². The van der Waals surface area contributed by atoms with Crippen LogP contribution in [-0.2, 0) is 11.2 Å². The van der Waals surface area contributed by atoms with Crippen LogP contribution < -0.4 is 10.6 Å². The van der Waals surface area contributed by atoms with E-state index in [0.29, 0.717) is 23.9 Å². The van der Waals surface area contributed by atoms with Gasteiger partial charge >= 0.3 is 0 Å². The SMILES string of the molecule is CCN(CCNC(=O)C(Cc1c[nH]c2ccccc12)NC(=O)c1cccs1)C(C)C. The van der Waals surface area contributed by atoms with Gasteiger partial charge in [-0.1, -0.05) is 31.2 Å². The number of thiophene rings is 1. The van der Waals surface area contributed by atoms with Crippen LogP contribution in [0.25, 0.3) is 10.9 Å². The predicted octanol–water partition coefficient (Wildman–Crippen LogP) is 3.42. The molecule has 1 atom stereocenters. The van der Waals surface area contributed by atoms with Gasteiger partial charge in [0.2, 0.25) is 5.91 Å². The van der Waals surface area contributed by atoms with Crippen molar-refractivity contribution >= 4 is 34.1 Å². The number of likely N-dealkylation sites (N-methyl/N-ethyl adjacent to an activating group) is 1. The van der Waals surface area contributed by atoms with Gasteiger partial charge in [-0.2, -0.15) is 0 Å². The molecule has 0 radical (unpaired) electrons. The first kappa shape index (κ1) is 22.1. The molecule has 2 aromatic heterocycles. The summed E-state index contributed by atoms with van der Waals surface area (Å²) in [6.07, 6.45) is 2.34. The molecule has 30 heavy (non-hydrogen) atoms. The molecule has 0 spiro atoms. The number of nitrogens with zero attached hydrogens (tertiary/aromatic N) is 1. The standard InChI is InChI=1S/C23H30N4O2S/c1-4-27(16(2)3)12-11-24-22(28)20(26-23(29)21-10-7-13-30-21)14-17-15-25-19-9-6-5-8-18(17)19/h5-10,13,15-16,20,25H,4,11-12,14H2,1-3H3,(H,24,28)(H,26,29). The average Bonchev–Trinajstić information content (AvgIpc) is 3.41. The number of carbonyl (C=O) groups is 2. The Morgan fingerprint density at radius 3 is 2.67 bits per heavy atom. The molecule has 6 nitrogen and oxygen atoms in total. The highest BCUT2D eigenvalue weighted by Gasteiger charge is 2.23. The van der Waals surface area contributed by atoms with Gasteiger partial charge in [0.25, 0.3) is 5.91 Å². The highest BCUT2D eigenvalue weighted by Crippen LogP contribution is 2.19. The molecule has 3 aromatic rings. The molecule has 0 aliphatic heterocycles. The number of rotatable bonds is 10. The minimum Gasteiger partial charge on any atom is -0.361 e. The van der Waals surface area contributed by atoms with Crippen LogP contribution in [0.4, 0.5) is 0 Å². The van der Waals surface area contributed by atoms with E-state index < -0.39 is 6.04 Å². The average molecular weight is 427 g/mol. The number of hydrogen-bond donors (Lipinski definition) is 3. The molecule has 1 aromatic carbocycles. The van der Waals surface area contributed by atoms with Gasteiger partial charge in [0.1, 0.15) is 6.04 Å². The van der Waals surface area contributed by atoms with E-state index in [4.69, 9.17) is 0 Å². The van der Waals surface area contributed by atoms with Crippen LogP contribution in [0.2, 0.25) is 0 Å². The summed E-state index contributed by atoms with van der Waals surface area (Å²) in [5, 5.41) is 8.86. The molecule has 2 amide bonds. The Labute approximate surface area is 181 Å². The number of hydrogen-bond acceptors (Lipinski definition) is 4. The molecule has 0 bridgehead atoms. The molecule has 0 aliphatic carbocycles. The summed E-state index contributed by atoms with van der Waals surface area (Å²) < 4.78 is 0. The number of benzene rings is 1. The van der Waals surface area contributed by atoms with Gasteiger partial charge in [-0.05, 0) is 43.5 Å². The van der Waals surface area contributed by atoms with Crippen LogP contribution in [0.3, 0.4) is 0 Å². The summed E-state index contributed by atoms with van der Waals surface area (Å²) in [5.74, 6) is -0.382. The lowest BCUT2D eigenvalue weighted by Crippen LogP contribution is -2.49. The Bertz CT molecular complexity index is 965. The summed E-state index contributed by atoms with van der Waals surface area (Å²) in [7, 11) is 0. The van der Waals surface area contributed by atoms with Gasteiger partial charge in [-0.25, -0.2) is 0 Å². The highest BCUT2D eigenvalue weighted by atomic mass is 32.1. The quantitative estimate of drug-likeness (QED) is 0.465. The molecule has 3 N–H and O–H groups in total. The van der Waals surface area contributed by atoms with Gasteiger partial charge in [-0.3, -0.25) is 14.5 Å². The second-order valence-electron chi connectivity index (χ2n) is 7.58. The number of H-pyrrole nitrogens is 1. The number of aromatic amines is 1. The van der Waals surface area contributed by atoms with Crippen molar-refractivity contribution < 1.29 is 9.59 Å². The van der Waals surface area contributed by atoms with Gasteiger partial charge < -0.3 is 15.6 Å². The molecular weight excluding hydrogens is 396 g/mol. The molecule has 0 saturated heterocycles. The largest absolute Gasteiger partial charge is 0.361 e. The maximum absolute atomic E-state index is 13.0. The van der Waals surface area contributed by atoms with Crippen molar-refractivity contribution in [3.63, 3.8) is 0 Å². The van der Waals surface area contributed by atoms with Crippen molar-refractivity contribution in [1.82, 2.24) is 20.5 Å². The number of fused-ring (bicyclic) bond motifs is 1. The molecule has 0 saturated carbocycles. The molecular formula is C23H30N4O2S. The monoisotopic (exact) mass is 426 g/mol. The number of nitrogens with one attached hydrogen (secondary N) is 3. The van der Waals surface area contributed by atoms with Crippen LogP contribution in [0.5, 0.6) is 0 Å². The zero-order valence-electron chi connectivity index (χ0n) is 17.8. The van der Waals surface area contributed by atoms with Crippen molar-refractivity contribution in [3.05, 3.63) is 58.4 Å². The molecule has 160 valence electrons. The normalized spacial score (nSPS) is 12.4. The molecule has 2 heterocycles. The van der Waals surface area contributed by atoms with Crippen LogP contribution in [0.15, 0.2) is 48.0 Å². The van der Waals surface area contributed by atoms with Crippen molar-refractivity contribution in [1.29, 1.82) is 0 Å². The molecule has 0 fully saturated rings. The second-order valence-corrected chi connectivity index (χ2v) is 8.53. The Morgan fingerprint density at radius 2 is 1.97 bits per heavy atom. The van der Waals surface area contributed by atoms with E-state index in [0.717, 1.165) is 29.6 Å². The van der Waals surface area contributed by atoms with E-state index in [1.807, 2.05) is 41.9 Å². The zero-order chi connectivity index (χ0) is 21.5. The summed E-state index contributed by atoms with van der Waals surface area (Å²) in [6, 6.07) is 11.4. The predicted molar refractivity (Wildman–Crippen MR) is 123 cm³/mol. The minimum absolute atomic E-state index is 0.162. The lowest BCUT2D eigenvalue weighted by atomic mass is 10.0. The third-order valence-corrected chi connectivity index (χ3v) is 6.17. The van der Waals surface area contributed by atoms with Gasteiger partial charge in [0, 0.05) is 42.7 Å². The van der Waals surface area contributed by atoms with E-state index >= 15 is 0 Å². The number of amides is 2.